The van der Waals surface area contributed by atoms with E-state index in [0.717, 1.165) is 29.1 Å². The van der Waals surface area contributed by atoms with E-state index < -0.39 is 54.5 Å². The number of H-pyrrole nitrogens is 1. The zero-order chi connectivity index (χ0) is 29.4. The van der Waals surface area contributed by atoms with Crippen LogP contribution in [0.3, 0.4) is 0 Å². The lowest BCUT2D eigenvalue weighted by Crippen LogP contribution is -2.58. The highest BCUT2D eigenvalue weighted by molar-refractivity contribution is 5.96. The highest BCUT2D eigenvalue weighted by atomic mass is 16.5. The number of benzene rings is 2. The van der Waals surface area contributed by atoms with Crippen LogP contribution in [-0.4, -0.2) is 77.6 Å². The van der Waals surface area contributed by atoms with Crippen molar-refractivity contribution in [1.82, 2.24) is 26.3 Å². The van der Waals surface area contributed by atoms with Gasteiger partial charge in [-0.1, -0.05) is 48.5 Å². The lowest BCUT2D eigenvalue weighted by atomic mass is 10.0. The Morgan fingerprint density at radius 2 is 1.59 bits per heavy atom. The van der Waals surface area contributed by atoms with Gasteiger partial charge in [0, 0.05) is 36.4 Å². The molecule has 1 aliphatic heterocycles. The first-order valence-corrected chi connectivity index (χ1v) is 13.3. The van der Waals surface area contributed by atoms with Crippen molar-refractivity contribution in [3.8, 4) is 0 Å². The summed E-state index contributed by atoms with van der Waals surface area (Å²) in [5.41, 5.74) is 2.34. The van der Waals surface area contributed by atoms with Crippen molar-refractivity contribution in [2.24, 2.45) is 0 Å². The predicted octanol–water partition coefficient (Wildman–Crippen LogP) is -0.149. The van der Waals surface area contributed by atoms with Gasteiger partial charge >= 0.3 is 5.97 Å². The lowest BCUT2D eigenvalue weighted by molar-refractivity contribution is -0.146. The summed E-state index contributed by atoms with van der Waals surface area (Å²) in [5, 5.41) is 21.0. The van der Waals surface area contributed by atoms with E-state index in [1.54, 1.807) is 18.3 Å². The number of para-hydroxylation sites is 1. The minimum Gasteiger partial charge on any atom is -0.467 e. The molecule has 2 heterocycles. The minimum absolute atomic E-state index is 0.0472. The fourth-order valence-electron chi connectivity index (χ4n) is 4.74. The summed E-state index contributed by atoms with van der Waals surface area (Å²) in [5.74, 6) is -2.94. The van der Waals surface area contributed by atoms with Crippen LogP contribution >= 0.6 is 0 Å². The molecule has 0 saturated carbocycles. The highest BCUT2D eigenvalue weighted by Gasteiger charge is 2.33. The molecule has 4 amide bonds. The van der Waals surface area contributed by atoms with Crippen molar-refractivity contribution >= 4 is 40.5 Å². The molecule has 41 heavy (non-hydrogen) atoms. The van der Waals surface area contributed by atoms with Crippen LogP contribution < -0.4 is 21.3 Å². The van der Waals surface area contributed by atoms with Gasteiger partial charge in [-0.25, -0.2) is 4.79 Å². The van der Waals surface area contributed by atoms with Crippen LogP contribution in [-0.2, 0) is 41.6 Å². The van der Waals surface area contributed by atoms with Gasteiger partial charge in [-0.05, 0) is 23.6 Å². The average Bonchev–Trinajstić information content (AvgIpc) is 3.61. The minimum atomic E-state index is -1.33. The summed E-state index contributed by atoms with van der Waals surface area (Å²) in [4.78, 5) is 66.8. The molecule has 2 aromatic carbocycles. The SMILES string of the molecule is COC(=O)[C@H](CO)NC(=O)[C@H](Cc1c[nH]c2ccccc12)NC(=O)[C@@H](Cc1ccccc1)NC(=O)[C@@H]1CCC(=O)N1. The number of nitrogens with one attached hydrogen (secondary N) is 5. The number of fused-ring (bicyclic) bond motifs is 1. The molecule has 0 unspecified atom stereocenters. The molecule has 12 heteroatoms. The Morgan fingerprint density at radius 3 is 2.24 bits per heavy atom. The van der Waals surface area contributed by atoms with E-state index in [1.807, 2.05) is 42.5 Å². The summed E-state index contributed by atoms with van der Waals surface area (Å²) >= 11 is 0. The number of rotatable bonds is 12. The number of ether oxygens (including phenoxy) is 1. The van der Waals surface area contributed by atoms with Gasteiger partial charge in [0.25, 0.3) is 0 Å². The monoisotopic (exact) mass is 563 g/mol. The van der Waals surface area contributed by atoms with Crippen LogP contribution in [0.5, 0.6) is 0 Å². The van der Waals surface area contributed by atoms with E-state index in [0.29, 0.717) is 6.42 Å². The quantitative estimate of drug-likeness (QED) is 0.166. The molecule has 4 atom stereocenters. The van der Waals surface area contributed by atoms with Crippen molar-refractivity contribution in [3.63, 3.8) is 0 Å². The Balaban J connectivity index is 1.58. The lowest BCUT2D eigenvalue weighted by Gasteiger charge is -2.25. The van der Waals surface area contributed by atoms with Gasteiger partial charge in [-0.15, -0.1) is 0 Å². The third-order valence-electron chi connectivity index (χ3n) is 6.94. The first-order valence-electron chi connectivity index (χ1n) is 13.3. The van der Waals surface area contributed by atoms with E-state index in [4.69, 9.17) is 0 Å². The Hall–Kier alpha value is -4.71. The number of methoxy groups -OCH3 is 1. The number of hydrogen-bond donors (Lipinski definition) is 6. The molecular formula is C29H33N5O7. The van der Waals surface area contributed by atoms with Crippen LogP contribution in [0.25, 0.3) is 10.9 Å². The van der Waals surface area contributed by atoms with Crippen molar-refractivity contribution in [3.05, 3.63) is 71.9 Å². The zero-order valence-electron chi connectivity index (χ0n) is 22.5. The van der Waals surface area contributed by atoms with Gasteiger partial charge < -0.3 is 36.1 Å². The Kier molecular flexibility index (Phi) is 9.69. The van der Waals surface area contributed by atoms with E-state index in [9.17, 15) is 29.1 Å². The summed E-state index contributed by atoms with van der Waals surface area (Å²) in [7, 11) is 1.13. The molecule has 0 bridgehead atoms. The van der Waals surface area contributed by atoms with Crippen LogP contribution in [0.2, 0.25) is 0 Å². The smallest absolute Gasteiger partial charge is 0.330 e. The summed E-state index contributed by atoms with van der Waals surface area (Å²) in [6.45, 7) is -0.702. The molecule has 1 fully saturated rings. The number of aromatic nitrogens is 1. The van der Waals surface area contributed by atoms with Gasteiger partial charge in [-0.3, -0.25) is 19.2 Å². The van der Waals surface area contributed by atoms with Crippen LogP contribution in [0, 0.1) is 0 Å². The summed E-state index contributed by atoms with van der Waals surface area (Å²) in [6.07, 6.45) is 2.43. The number of aromatic amines is 1. The van der Waals surface area contributed by atoms with Gasteiger partial charge in [-0.2, -0.15) is 0 Å². The third kappa shape index (κ3) is 7.48. The maximum Gasteiger partial charge on any atom is 0.330 e. The molecule has 1 aromatic heterocycles. The third-order valence-corrected chi connectivity index (χ3v) is 6.94. The molecule has 0 radical (unpaired) electrons. The molecule has 0 spiro atoms. The fourth-order valence-corrected chi connectivity index (χ4v) is 4.74. The number of carbonyl (C=O) groups is 5. The van der Waals surface area contributed by atoms with Gasteiger partial charge in [0.15, 0.2) is 6.04 Å². The molecule has 12 nitrogen and oxygen atoms in total. The first kappa shape index (κ1) is 29.3. The number of aliphatic hydroxyl groups excluding tert-OH is 1. The van der Waals surface area contributed by atoms with Crippen LogP contribution in [0.15, 0.2) is 60.8 Å². The van der Waals surface area contributed by atoms with E-state index in [-0.39, 0.29) is 25.2 Å². The molecule has 6 N–H and O–H groups in total. The maximum atomic E-state index is 13.7. The highest BCUT2D eigenvalue weighted by Crippen LogP contribution is 2.19. The number of amides is 4. The van der Waals surface area contributed by atoms with Crippen molar-refractivity contribution in [2.75, 3.05) is 13.7 Å². The number of carbonyl (C=O) groups excluding carboxylic acids is 5. The number of hydrogen-bond acceptors (Lipinski definition) is 7. The average molecular weight is 564 g/mol. The molecule has 4 rings (SSSR count). The standard InChI is InChI=1S/C29H33N5O7/c1-41-29(40)24(16-35)34-28(39)23(14-18-15-30-20-10-6-5-9-19(18)20)33-27(38)22(13-17-7-3-2-4-8-17)32-26(37)21-11-12-25(36)31-21/h2-10,15,21-24,30,35H,11-14,16H2,1H3,(H,31,36)(H,32,37)(H,33,38)(H,34,39)/t21-,22+,23-,24-/m0/s1. The fraction of sp³-hybridized carbons (Fsp3) is 0.345. The predicted molar refractivity (Wildman–Crippen MR) is 148 cm³/mol. The second-order valence-corrected chi connectivity index (χ2v) is 9.80. The molecule has 0 aliphatic carbocycles. The van der Waals surface area contributed by atoms with Crippen LogP contribution in [0.4, 0.5) is 0 Å². The van der Waals surface area contributed by atoms with Crippen molar-refractivity contribution < 1.29 is 33.8 Å². The Bertz CT molecular complexity index is 1410. The van der Waals surface area contributed by atoms with Crippen molar-refractivity contribution in [1.29, 1.82) is 0 Å². The van der Waals surface area contributed by atoms with E-state index in [2.05, 4.69) is 31.0 Å². The van der Waals surface area contributed by atoms with Gasteiger partial charge in [0.2, 0.25) is 23.6 Å². The maximum absolute atomic E-state index is 13.7. The topological polar surface area (TPSA) is 179 Å². The Morgan fingerprint density at radius 1 is 0.927 bits per heavy atom. The molecular weight excluding hydrogens is 530 g/mol. The molecule has 216 valence electrons. The molecule has 3 aromatic rings. The van der Waals surface area contributed by atoms with Gasteiger partial charge in [0.1, 0.15) is 18.1 Å². The molecule has 1 saturated heterocycles. The Labute approximate surface area is 236 Å². The van der Waals surface area contributed by atoms with Crippen molar-refractivity contribution in [2.45, 2.75) is 49.9 Å². The zero-order valence-corrected chi connectivity index (χ0v) is 22.5. The second-order valence-electron chi connectivity index (χ2n) is 9.80. The van der Waals surface area contributed by atoms with E-state index in [1.165, 1.54) is 0 Å². The normalized spacial score (nSPS) is 16.7. The first-order chi connectivity index (χ1) is 19.8. The number of esters is 1. The largest absolute Gasteiger partial charge is 0.467 e. The van der Waals surface area contributed by atoms with Crippen LogP contribution in [0.1, 0.15) is 24.0 Å². The number of aliphatic hydroxyl groups is 1. The second kappa shape index (κ2) is 13.6. The molecule has 1 aliphatic rings. The van der Waals surface area contributed by atoms with Gasteiger partial charge in [0.05, 0.1) is 13.7 Å². The summed E-state index contributed by atoms with van der Waals surface area (Å²) in [6, 6.07) is 12.2. The van der Waals surface area contributed by atoms with E-state index >= 15 is 0 Å². The summed E-state index contributed by atoms with van der Waals surface area (Å²) < 4.78 is 4.65.